The highest BCUT2D eigenvalue weighted by Crippen LogP contribution is 2.46. The molecule has 6 nitrogen and oxygen atoms in total. The number of carbonyl (C=O) groups is 2. The average molecular weight is 440 g/mol. The summed E-state index contributed by atoms with van der Waals surface area (Å²) in [5.41, 5.74) is 5.45. The Balaban J connectivity index is 1.83. The number of fused-ring (bicyclic) bond motifs is 2. The third-order valence-corrected chi connectivity index (χ3v) is 6.35. The molecular weight excluding hydrogens is 416 g/mol. The molecule has 0 fully saturated rings. The van der Waals surface area contributed by atoms with Gasteiger partial charge in [0.1, 0.15) is 12.3 Å². The van der Waals surface area contributed by atoms with Gasteiger partial charge in [0.2, 0.25) is 0 Å². The van der Waals surface area contributed by atoms with Crippen molar-refractivity contribution in [2.24, 2.45) is 7.05 Å². The SMILES string of the molecule is COC(=O)CN1C(=O)c2ccccc2[C@H]1c1c(-c2cccc(OC)c2)n(C)c2ccccc12. The Morgan fingerprint density at radius 3 is 2.52 bits per heavy atom. The van der Waals surface area contributed by atoms with Crippen molar-refractivity contribution in [3.05, 3.63) is 89.5 Å². The number of hydrogen-bond acceptors (Lipinski definition) is 4. The van der Waals surface area contributed by atoms with Gasteiger partial charge in [0.25, 0.3) is 5.91 Å². The predicted molar refractivity (Wildman–Crippen MR) is 126 cm³/mol. The van der Waals surface area contributed by atoms with E-state index in [1.807, 2.05) is 67.7 Å². The Hall–Kier alpha value is -4.06. The summed E-state index contributed by atoms with van der Waals surface area (Å²) < 4.78 is 12.5. The van der Waals surface area contributed by atoms with E-state index in [0.717, 1.165) is 39.0 Å². The van der Waals surface area contributed by atoms with Crippen molar-refractivity contribution in [2.75, 3.05) is 20.8 Å². The zero-order valence-corrected chi connectivity index (χ0v) is 18.7. The molecule has 166 valence electrons. The lowest BCUT2D eigenvalue weighted by Crippen LogP contribution is -2.34. The first-order valence-corrected chi connectivity index (χ1v) is 10.7. The van der Waals surface area contributed by atoms with Gasteiger partial charge in [-0.2, -0.15) is 0 Å². The summed E-state index contributed by atoms with van der Waals surface area (Å²) >= 11 is 0. The minimum absolute atomic E-state index is 0.130. The van der Waals surface area contributed by atoms with Crippen molar-refractivity contribution >= 4 is 22.8 Å². The molecule has 0 N–H and O–H groups in total. The molecule has 1 aromatic heterocycles. The predicted octanol–water partition coefficient (Wildman–Crippen LogP) is 4.57. The van der Waals surface area contributed by atoms with Gasteiger partial charge < -0.3 is 18.9 Å². The van der Waals surface area contributed by atoms with Crippen molar-refractivity contribution in [3.8, 4) is 17.0 Å². The van der Waals surface area contributed by atoms with Gasteiger partial charge in [0.15, 0.2) is 0 Å². The van der Waals surface area contributed by atoms with Crippen LogP contribution in [0.15, 0.2) is 72.8 Å². The number of esters is 1. The largest absolute Gasteiger partial charge is 0.497 e. The maximum absolute atomic E-state index is 13.4. The van der Waals surface area contributed by atoms with Gasteiger partial charge in [-0.15, -0.1) is 0 Å². The molecule has 6 heteroatoms. The van der Waals surface area contributed by atoms with Gasteiger partial charge in [-0.1, -0.05) is 48.5 Å². The molecule has 0 aliphatic carbocycles. The molecule has 4 aromatic rings. The zero-order valence-electron chi connectivity index (χ0n) is 18.7. The Kier molecular flexibility index (Phi) is 5.13. The highest BCUT2D eigenvalue weighted by atomic mass is 16.5. The number of benzene rings is 3. The van der Waals surface area contributed by atoms with E-state index in [1.165, 1.54) is 7.11 Å². The lowest BCUT2D eigenvalue weighted by molar-refractivity contribution is -0.141. The summed E-state index contributed by atoms with van der Waals surface area (Å²) in [6.07, 6.45) is 0. The van der Waals surface area contributed by atoms with E-state index < -0.39 is 12.0 Å². The lowest BCUT2D eigenvalue weighted by atomic mass is 9.93. The van der Waals surface area contributed by atoms with Crippen LogP contribution in [0.3, 0.4) is 0 Å². The van der Waals surface area contributed by atoms with Gasteiger partial charge in [0, 0.05) is 34.6 Å². The monoisotopic (exact) mass is 440 g/mol. The molecule has 1 atom stereocenters. The molecule has 1 amide bonds. The fraction of sp³-hybridized carbons (Fsp3) is 0.185. The van der Waals surface area contributed by atoms with Crippen LogP contribution in [0.1, 0.15) is 27.5 Å². The topological polar surface area (TPSA) is 60.8 Å². The van der Waals surface area contributed by atoms with Crippen LogP contribution in [0.5, 0.6) is 5.75 Å². The molecule has 2 heterocycles. The van der Waals surface area contributed by atoms with E-state index in [4.69, 9.17) is 9.47 Å². The molecule has 0 saturated heterocycles. The Labute approximate surface area is 192 Å². The maximum Gasteiger partial charge on any atom is 0.325 e. The first-order chi connectivity index (χ1) is 16.0. The van der Waals surface area contributed by atoms with Crippen molar-refractivity contribution < 1.29 is 19.1 Å². The van der Waals surface area contributed by atoms with Gasteiger partial charge in [-0.25, -0.2) is 0 Å². The van der Waals surface area contributed by atoms with Gasteiger partial charge in [0.05, 0.1) is 26.0 Å². The number of methoxy groups -OCH3 is 2. The summed E-state index contributed by atoms with van der Waals surface area (Å²) in [6, 6.07) is 23.1. The Bertz CT molecular complexity index is 1390. The van der Waals surface area contributed by atoms with E-state index in [9.17, 15) is 9.59 Å². The van der Waals surface area contributed by atoms with Crippen LogP contribution in [-0.2, 0) is 16.6 Å². The standard InChI is InChI=1S/C27H24N2O4/c1-28-22-14-7-6-13-21(22)24(25(28)17-9-8-10-18(15-17)32-2)26-19-11-4-5-12-20(19)27(31)29(26)16-23(30)33-3/h4-15,26H,16H2,1-3H3/t26-/m0/s1. The van der Waals surface area contributed by atoms with Crippen molar-refractivity contribution in [3.63, 3.8) is 0 Å². The lowest BCUT2D eigenvalue weighted by Gasteiger charge is -2.26. The molecule has 0 spiro atoms. The van der Waals surface area contributed by atoms with Crippen LogP contribution < -0.4 is 4.74 Å². The second kappa shape index (κ2) is 8.13. The number of ether oxygens (including phenoxy) is 2. The van der Waals surface area contributed by atoms with Gasteiger partial charge >= 0.3 is 5.97 Å². The summed E-state index contributed by atoms with van der Waals surface area (Å²) in [7, 11) is 5.00. The Morgan fingerprint density at radius 1 is 0.970 bits per heavy atom. The molecule has 3 aromatic carbocycles. The third kappa shape index (κ3) is 3.26. The number of aryl methyl sites for hydroxylation is 1. The molecule has 0 bridgehead atoms. The molecule has 0 unspecified atom stereocenters. The highest BCUT2D eigenvalue weighted by Gasteiger charge is 2.41. The number of hydrogen-bond donors (Lipinski definition) is 0. The molecule has 33 heavy (non-hydrogen) atoms. The fourth-order valence-corrected chi connectivity index (χ4v) is 4.87. The summed E-state index contributed by atoms with van der Waals surface area (Å²) in [5.74, 6) is 0.118. The van der Waals surface area contributed by atoms with Crippen molar-refractivity contribution in [1.82, 2.24) is 9.47 Å². The van der Waals surface area contributed by atoms with Crippen LogP contribution in [0.25, 0.3) is 22.2 Å². The van der Waals surface area contributed by atoms with E-state index in [0.29, 0.717) is 5.56 Å². The van der Waals surface area contributed by atoms with E-state index in [1.54, 1.807) is 12.0 Å². The van der Waals surface area contributed by atoms with Crippen LogP contribution in [0.4, 0.5) is 0 Å². The normalized spacial score (nSPS) is 15.1. The number of para-hydroxylation sites is 1. The first kappa shape index (κ1) is 20.8. The smallest absolute Gasteiger partial charge is 0.325 e. The second-order valence-electron chi connectivity index (χ2n) is 8.07. The fourth-order valence-electron chi connectivity index (χ4n) is 4.87. The van der Waals surface area contributed by atoms with E-state index >= 15 is 0 Å². The number of nitrogens with zero attached hydrogens (tertiary/aromatic N) is 2. The minimum Gasteiger partial charge on any atom is -0.497 e. The van der Waals surface area contributed by atoms with Gasteiger partial charge in [-0.3, -0.25) is 9.59 Å². The third-order valence-electron chi connectivity index (χ3n) is 6.35. The second-order valence-corrected chi connectivity index (χ2v) is 8.07. The summed E-state index contributed by atoms with van der Waals surface area (Å²) in [5, 5.41) is 1.03. The molecule has 1 aliphatic heterocycles. The Morgan fingerprint density at radius 2 is 1.73 bits per heavy atom. The zero-order chi connectivity index (χ0) is 23.1. The molecule has 0 radical (unpaired) electrons. The van der Waals surface area contributed by atoms with Gasteiger partial charge in [-0.05, 0) is 29.8 Å². The van der Waals surface area contributed by atoms with Crippen LogP contribution >= 0.6 is 0 Å². The quantitative estimate of drug-likeness (QED) is 0.427. The van der Waals surface area contributed by atoms with Crippen LogP contribution in [0, 0.1) is 0 Å². The van der Waals surface area contributed by atoms with Crippen LogP contribution in [0.2, 0.25) is 0 Å². The molecular formula is C27H24N2O4. The molecule has 5 rings (SSSR count). The van der Waals surface area contributed by atoms with E-state index in [-0.39, 0.29) is 12.5 Å². The highest BCUT2D eigenvalue weighted by molar-refractivity contribution is 6.03. The number of carbonyl (C=O) groups excluding carboxylic acids is 2. The maximum atomic E-state index is 13.4. The molecule has 0 saturated carbocycles. The number of amides is 1. The minimum atomic E-state index is -0.454. The van der Waals surface area contributed by atoms with E-state index in [2.05, 4.69) is 16.7 Å². The molecule has 1 aliphatic rings. The average Bonchev–Trinajstić information content (AvgIpc) is 3.30. The summed E-state index contributed by atoms with van der Waals surface area (Å²) in [4.78, 5) is 27.3. The first-order valence-electron chi connectivity index (χ1n) is 10.7. The van der Waals surface area contributed by atoms with Crippen molar-refractivity contribution in [1.29, 1.82) is 0 Å². The number of aromatic nitrogens is 1. The van der Waals surface area contributed by atoms with Crippen molar-refractivity contribution in [2.45, 2.75) is 6.04 Å². The van der Waals surface area contributed by atoms with Crippen LogP contribution in [-0.4, -0.2) is 42.1 Å². The summed E-state index contributed by atoms with van der Waals surface area (Å²) in [6.45, 7) is -0.130. The number of rotatable bonds is 5.